The molecule has 4 atom stereocenters. The normalized spacial score (nSPS) is 34.1. The van der Waals surface area contributed by atoms with E-state index >= 15 is 0 Å². The smallest absolute Gasteiger partial charge is 0.312 e. The molecule has 0 saturated heterocycles. The van der Waals surface area contributed by atoms with Gasteiger partial charge in [-0.05, 0) is 12.8 Å². The molecule has 27 heavy (non-hydrogen) atoms. The fraction of sp³-hybridized carbons (Fsp3) is 0.765. The Kier molecular flexibility index (Phi) is 7.59. The first-order valence-corrected chi connectivity index (χ1v) is 10.9. The Morgan fingerprint density at radius 3 is 1.44 bits per heavy atom. The molecule has 0 aromatic heterocycles. The van der Waals surface area contributed by atoms with Crippen molar-refractivity contribution in [2.45, 2.75) is 53.6 Å². The van der Waals surface area contributed by atoms with Gasteiger partial charge in [-0.1, -0.05) is 73.1 Å². The molecule has 0 unspecified atom stereocenters. The molecule has 0 spiro atoms. The Bertz CT molecular complexity index is 599. The molecule has 0 amide bonds. The Balaban J connectivity index is 2.47. The van der Waals surface area contributed by atoms with E-state index in [1.807, 2.05) is 13.8 Å². The predicted molar refractivity (Wildman–Crippen MR) is 109 cm³/mol. The maximum absolute atomic E-state index is 12.8. The van der Waals surface area contributed by atoms with Gasteiger partial charge in [0, 0.05) is 0 Å². The molecule has 154 valence electrons. The molecule has 2 rings (SSSR count). The van der Waals surface area contributed by atoms with Gasteiger partial charge in [0.2, 0.25) is 0 Å². The molecule has 4 nitrogen and oxygen atoms in total. The van der Waals surface area contributed by atoms with E-state index < -0.39 is 37.9 Å². The van der Waals surface area contributed by atoms with Crippen molar-refractivity contribution in [3.8, 4) is 0 Å². The Hall–Kier alpha value is 0.420. The summed E-state index contributed by atoms with van der Waals surface area (Å²) in [6, 6.07) is 0. The van der Waals surface area contributed by atoms with Crippen LogP contribution in [0.2, 0.25) is 0 Å². The largest absolute Gasteiger partial charge is 0.465 e. The van der Waals surface area contributed by atoms with E-state index in [2.05, 4.69) is 0 Å². The third-order valence-electron chi connectivity index (χ3n) is 4.93. The number of carbonyl (C=O) groups is 2. The number of hydrogen-bond acceptors (Lipinski definition) is 4. The number of fused-ring (bicyclic) bond motifs is 2. The van der Waals surface area contributed by atoms with Crippen LogP contribution in [0.5, 0.6) is 0 Å². The van der Waals surface area contributed by atoms with Crippen LogP contribution in [0.1, 0.15) is 39.5 Å². The summed E-state index contributed by atoms with van der Waals surface area (Å²) in [5, 5.41) is -0.332. The first kappa shape index (κ1) is 23.7. The van der Waals surface area contributed by atoms with E-state index in [0.29, 0.717) is 12.8 Å². The van der Waals surface area contributed by atoms with Gasteiger partial charge in [-0.2, -0.15) is 0 Å². The topological polar surface area (TPSA) is 52.6 Å². The van der Waals surface area contributed by atoms with Crippen molar-refractivity contribution in [2.75, 3.05) is 13.2 Å². The van der Waals surface area contributed by atoms with Gasteiger partial charge in [-0.25, -0.2) is 0 Å². The van der Waals surface area contributed by atoms with Gasteiger partial charge in [0.15, 0.2) is 4.33 Å². The molecule has 0 radical (unpaired) electrons. The van der Waals surface area contributed by atoms with E-state index in [1.54, 1.807) is 0 Å². The van der Waals surface area contributed by atoms with Gasteiger partial charge in [0.25, 0.3) is 0 Å². The second-order valence-corrected chi connectivity index (χ2v) is 9.90. The average molecular weight is 501 g/mol. The lowest BCUT2D eigenvalue weighted by Crippen LogP contribution is -2.46. The van der Waals surface area contributed by atoms with Crippen LogP contribution in [0, 0.1) is 11.8 Å². The summed E-state index contributed by atoms with van der Waals surface area (Å²) in [7, 11) is 0. The molecule has 0 aromatic rings. The number of hydrogen-bond donors (Lipinski definition) is 0. The van der Waals surface area contributed by atoms with Gasteiger partial charge < -0.3 is 9.47 Å². The average Bonchev–Trinajstić information content (AvgIpc) is 2.82. The third-order valence-corrected chi connectivity index (χ3v) is 9.19. The minimum atomic E-state index is -2.03. The van der Waals surface area contributed by atoms with Crippen LogP contribution in [-0.2, 0) is 19.1 Å². The molecule has 1 fully saturated rings. The van der Waals surface area contributed by atoms with E-state index in [1.165, 1.54) is 0 Å². The van der Waals surface area contributed by atoms with Crippen LogP contribution in [0.4, 0.5) is 0 Å². The van der Waals surface area contributed by atoms with Crippen molar-refractivity contribution in [3.05, 3.63) is 10.1 Å². The molecule has 0 N–H and O–H groups in total. The van der Waals surface area contributed by atoms with Crippen LogP contribution >= 0.6 is 69.6 Å². The number of halogens is 6. The van der Waals surface area contributed by atoms with E-state index in [-0.39, 0.29) is 23.3 Å². The van der Waals surface area contributed by atoms with Crippen LogP contribution in [0.25, 0.3) is 0 Å². The minimum absolute atomic E-state index is 0.151. The fourth-order valence-corrected chi connectivity index (χ4v) is 6.31. The number of rotatable bonds is 8. The first-order valence-electron chi connectivity index (χ1n) is 8.68. The highest BCUT2D eigenvalue weighted by atomic mass is 35.5. The van der Waals surface area contributed by atoms with Gasteiger partial charge in [0.1, 0.15) is 9.75 Å². The van der Waals surface area contributed by atoms with Crippen molar-refractivity contribution in [3.63, 3.8) is 0 Å². The number of esters is 2. The molecular formula is C17H20Cl6O4. The molecule has 2 aliphatic rings. The SMILES string of the molecule is CCCCOC(=O)[C@@H]1[C@@H](C(=O)OCCCC)[C@@]2(Cl)C(Cl)=C(Cl)[C@]1(Cl)C2(Cl)Cl. The zero-order chi connectivity index (χ0) is 20.6. The molecule has 0 heterocycles. The molecule has 0 aromatic carbocycles. The van der Waals surface area contributed by atoms with Crippen LogP contribution in [-0.4, -0.2) is 39.2 Å². The van der Waals surface area contributed by atoms with Crippen molar-refractivity contribution >= 4 is 81.5 Å². The maximum Gasteiger partial charge on any atom is 0.312 e. The van der Waals surface area contributed by atoms with E-state index in [9.17, 15) is 9.59 Å². The van der Waals surface area contributed by atoms with Crippen molar-refractivity contribution in [2.24, 2.45) is 11.8 Å². The highest BCUT2D eigenvalue weighted by Crippen LogP contribution is 2.76. The molecule has 2 bridgehead atoms. The van der Waals surface area contributed by atoms with Crippen molar-refractivity contribution in [1.82, 2.24) is 0 Å². The Morgan fingerprint density at radius 1 is 0.815 bits per heavy atom. The number of ether oxygens (including phenoxy) is 2. The minimum Gasteiger partial charge on any atom is -0.465 e. The lowest BCUT2D eigenvalue weighted by Gasteiger charge is -2.33. The van der Waals surface area contributed by atoms with Gasteiger partial charge in [-0.3, -0.25) is 9.59 Å². The molecule has 10 heteroatoms. The Labute approximate surface area is 188 Å². The van der Waals surface area contributed by atoms with Crippen LogP contribution < -0.4 is 0 Å². The lowest BCUT2D eigenvalue weighted by molar-refractivity contribution is -0.160. The summed E-state index contributed by atoms with van der Waals surface area (Å²) >= 11 is 38.8. The number of alkyl halides is 4. The standard InChI is InChI=1S/C17H20Cl6O4/c1-3-5-7-26-13(24)9-10(14(25)27-8-6-4-2)16(21)12(19)11(18)15(9,20)17(16,22)23/h9-10H,3-8H2,1-2H3/t9-,10-,15-,16+/m0/s1. The summed E-state index contributed by atoms with van der Waals surface area (Å²) in [5.41, 5.74) is 0. The van der Waals surface area contributed by atoms with Crippen molar-refractivity contribution < 1.29 is 19.1 Å². The van der Waals surface area contributed by atoms with Crippen molar-refractivity contribution in [1.29, 1.82) is 0 Å². The summed E-state index contributed by atoms with van der Waals surface area (Å²) < 4.78 is 8.53. The molecule has 2 aliphatic carbocycles. The highest BCUT2D eigenvalue weighted by molar-refractivity contribution is 6.66. The third kappa shape index (κ3) is 3.37. The van der Waals surface area contributed by atoms with E-state index in [4.69, 9.17) is 79.1 Å². The molecule has 0 aliphatic heterocycles. The first-order chi connectivity index (χ1) is 12.5. The van der Waals surface area contributed by atoms with E-state index in [0.717, 1.165) is 12.8 Å². The summed E-state index contributed by atoms with van der Waals surface area (Å²) in [4.78, 5) is 21.8. The monoisotopic (exact) mass is 498 g/mol. The summed E-state index contributed by atoms with van der Waals surface area (Å²) in [6.07, 6.45) is 2.91. The van der Waals surface area contributed by atoms with Gasteiger partial charge in [0.05, 0.1) is 35.1 Å². The zero-order valence-corrected chi connectivity index (χ0v) is 19.3. The Morgan fingerprint density at radius 2 is 1.15 bits per heavy atom. The van der Waals surface area contributed by atoms with Gasteiger partial charge >= 0.3 is 11.9 Å². The fourth-order valence-electron chi connectivity index (χ4n) is 3.39. The van der Waals surface area contributed by atoms with Gasteiger partial charge in [-0.15, -0.1) is 23.2 Å². The van der Waals surface area contributed by atoms with Crippen LogP contribution in [0.3, 0.4) is 0 Å². The number of allylic oxidation sites excluding steroid dienone is 2. The zero-order valence-electron chi connectivity index (χ0n) is 14.8. The summed E-state index contributed by atoms with van der Waals surface area (Å²) in [5.74, 6) is -4.22. The lowest BCUT2D eigenvalue weighted by atomic mass is 9.82. The molecular weight excluding hydrogens is 481 g/mol. The highest BCUT2D eigenvalue weighted by Gasteiger charge is 2.85. The predicted octanol–water partition coefficient (Wildman–Crippen LogP) is 5.75. The maximum atomic E-state index is 12.8. The van der Waals surface area contributed by atoms with Crippen LogP contribution in [0.15, 0.2) is 10.1 Å². The number of carbonyl (C=O) groups excluding carboxylic acids is 2. The summed E-state index contributed by atoms with van der Waals surface area (Å²) in [6.45, 7) is 4.19. The number of unbranched alkanes of at least 4 members (excludes halogenated alkanes) is 2. The molecule has 1 saturated carbocycles. The second-order valence-electron chi connectivity index (χ2n) is 6.62. The quantitative estimate of drug-likeness (QED) is 0.242. The second kappa shape index (κ2) is 8.65.